The van der Waals surface area contributed by atoms with E-state index in [1.54, 1.807) is 0 Å². The fourth-order valence-electron chi connectivity index (χ4n) is 2.69. The maximum atomic E-state index is 14.3. The molecule has 0 aromatic heterocycles. The van der Waals surface area contributed by atoms with Crippen molar-refractivity contribution in [2.45, 2.75) is 99.5 Å². The van der Waals surface area contributed by atoms with Gasteiger partial charge in [0.2, 0.25) is 0 Å². The Morgan fingerprint density at radius 1 is 0.583 bits per heavy atom. The quantitative estimate of drug-likeness (QED) is 0.168. The zero-order chi connectivity index (χ0) is 29.7. The molecule has 0 aliphatic heterocycles. The van der Waals surface area contributed by atoms with Crippen LogP contribution >= 0.6 is 11.6 Å². The number of halogens is 17. The van der Waals surface area contributed by atoms with Crippen LogP contribution in [0.3, 0.4) is 0 Å². The molecule has 0 heterocycles. The van der Waals surface area contributed by atoms with Crippen LogP contribution in [-0.4, -0.2) is 69.7 Å². The van der Waals surface area contributed by atoms with E-state index >= 15 is 0 Å². The largest absolute Gasteiger partial charge is 0.393 e. The van der Waals surface area contributed by atoms with Gasteiger partial charge in [0.15, 0.2) is 0 Å². The fraction of sp³-hybridized carbons (Fsp3) is 0.941. The molecular weight excluding hydrogens is 574 g/mol. The van der Waals surface area contributed by atoms with Gasteiger partial charge in [-0.2, -0.15) is 70.2 Å². The summed E-state index contributed by atoms with van der Waals surface area (Å²) in [7, 11) is 0. The van der Waals surface area contributed by atoms with E-state index in [1.165, 1.54) is 13.8 Å². The minimum Gasteiger partial charge on any atom is -0.332 e. The molecule has 2 unspecified atom stereocenters. The Labute approximate surface area is 197 Å². The first kappa shape index (κ1) is 34.6. The van der Waals surface area contributed by atoms with Crippen LogP contribution in [0.5, 0.6) is 0 Å². The molecule has 0 N–H and O–H groups in total. The second kappa shape index (κ2) is 9.75. The van der Waals surface area contributed by atoms with Gasteiger partial charge in [-0.15, -0.1) is 0 Å². The molecule has 0 bridgehead atoms. The lowest BCUT2D eigenvalue weighted by Gasteiger charge is -2.44. The molecule has 0 radical (unpaired) electrons. The Bertz CT molecular complexity index is 784. The van der Waals surface area contributed by atoms with Gasteiger partial charge in [0, 0.05) is 12.1 Å². The van der Waals surface area contributed by atoms with Crippen LogP contribution in [0, 0.1) is 0 Å². The minimum absolute atomic E-state index is 0.183. The van der Waals surface area contributed by atoms with Crippen LogP contribution < -0.4 is 0 Å². The average molecular weight is 592 g/mol. The Balaban J connectivity index is 6.96. The molecule has 0 aromatic rings. The second-order valence-electron chi connectivity index (χ2n) is 7.75. The zero-order valence-electron chi connectivity index (χ0n) is 18.3. The molecule has 216 valence electrons. The summed E-state index contributed by atoms with van der Waals surface area (Å²) in [6.07, 6.45) is -0.646. The van der Waals surface area contributed by atoms with Gasteiger partial charge in [-0.1, -0.05) is 13.8 Å². The second-order valence-corrected chi connectivity index (χ2v) is 8.22. The minimum atomic E-state index is -8.60. The SMILES string of the molecule is CCC(C)N(C(=O)C(F)(F)C(F)(F)C(F)(F)C(F)(F)C(F)(F)C(F)(F)C(F)(F)C(F)(F)Cl)C(C)CC. The van der Waals surface area contributed by atoms with Gasteiger partial charge < -0.3 is 4.90 Å². The van der Waals surface area contributed by atoms with Gasteiger partial charge in [-0.05, 0) is 38.3 Å². The highest BCUT2D eigenvalue weighted by molar-refractivity contribution is 6.22. The van der Waals surface area contributed by atoms with Crippen molar-refractivity contribution in [1.82, 2.24) is 4.90 Å². The van der Waals surface area contributed by atoms with Crippen molar-refractivity contribution in [3.8, 4) is 0 Å². The summed E-state index contributed by atoms with van der Waals surface area (Å²) < 4.78 is 217. The summed E-state index contributed by atoms with van der Waals surface area (Å²) in [4.78, 5) is 11.9. The number of hydrogen-bond acceptors (Lipinski definition) is 1. The molecule has 1 amide bonds. The van der Waals surface area contributed by atoms with Crippen LogP contribution in [0.2, 0.25) is 0 Å². The third kappa shape index (κ3) is 4.67. The van der Waals surface area contributed by atoms with Gasteiger partial charge in [0.05, 0.1) is 0 Å². The van der Waals surface area contributed by atoms with Gasteiger partial charge in [0.1, 0.15) is 0 Å². The van der Waals surface area contributed by atoms with E-state index in [9.17, 15) is 75.0 Å². The van der Waals surface area contributed by atoms with Crippen LogP contribution in [0.15, 0.2) is 0 Å². The monoisotopic (exact) mass is 591 g/mol. The Morgan fingerprint density at radius 2 is 0.833 bits per heavy atom. The van der Waals surface area contributed by atoms with Crippen molar-refractivity contribution in [3.63, 3.8) is 0 Å². The number of carbonyl (C=O) groups is 1. The lowest BCUT2D eigenvalue weighted by atomic mass is 9.88. The summed E-state index contributed by atoms with van der Waals surface area (Å²) >= 11 is 3.46. The number of hydrogen-bond donors (Lipinski definition) is 0. The summed E-state index contributed by atoms with van der Waals surface area (Å²) in [6.45, 7) is 4.16. The molecule has 19 heteroatoms. The zero-order valence-corrected chi connectivity index (χ0v) is 19.1. The molecule has 2 nitrogen and oxygen atoms in total. The molecule has 0 aliphatic rings. The predicted octanol–water partition coefficient (Wildman–Crippen LogP) is 7.69. The van der Waals surface area contributed by atoms with Gasteiger partial charge >= 0.3 is 46.8 Å². The molecule has 0 spiro atoms. The van der Waals surface area contributed by atoms with Gasteiger partial charge in [-0.25, -0.2) is 0 Å². The van der Waals surface area contributed by atoms with Crippen molar-refractivity contribution in [2.75, 3.05) is 0 Å². The van der Waals surface area contributed by atoms with Crippen LogP contribution in [0.1, 0.15) is 40.5 Å². The Morgan fingerprint density at radius 3 is 1.08 bits per heavy atom. The first-order chi connectivity index (χ1) is 15.5. The van der Waals surface area contributed by atoms with Crippen molar-refractivity contribution in [1.29, 1.82) is 0 Å². The fourth-order valence-corrected chi connectivity index (χ4v) is 2.81. The lowest BCUT2D eigenvalue weighted by molar-refractivity contribution is -0.446. The lowest BCUT2D eigenvalue weighted by Crippen LogP contribution is -2.75. The van der Waals surface area contributed by atoms with Gasteiger partial charge in [0.25, 0.3) is 5.91 Å². The van der Waals surface area contributed by atoms with E-state index in [0.29, 0.717) is 0 Å². The molecule has 2 atom stereocenters. The Hall–Kier alpha value is -1.36. The summed E-state index contributed by atoms with van der Waals surface area (Å²) in [6, 6.07) is -2.95. The maximum Gasteiger partial charge on any atom is 0.393 e. The summed E-state index contributed by atoms with van der Waals surface area (Å²) in [5.74, 6) is -60.0. The highest BCUT2D eigenvalue weighted by atomic mass is 35.5. The smallest absolute Gasteiger partial charge is 0.332 e. The van der Waals surface area contributed by atoms with Gasteiger partial charge in [-0.3, -0.25) is 4.79 Å². The highest BCUT2D eigenvalue weighted by Gasteiger charge is 2.95. The van der Waals surface area contributed by atoms with E-state index in [0.717, 1.165) is 13.8 Å². The van der Waals surface area contributed by atoms with Crippen LogP contribution in [0.25, 0.3) is 0 Å². The van der Waals surface area contributed by atoms with Crippen molar-refractivity contribution < 1.29 is 75.0 Å². The molecule has 0 aromatic carbocycles. The standard InChI is InChI=1S/C17H18ClF16NO/c1-5-7(3)35(8(4)6-2)9(36)10(19,20)11(21,22)12(23,24)13(25,26)14(27,28)15(29,30)16(31,32)17(18,33)34/h7-8H,5-6H2,1-4H3. The number of alkyl halides is 17. The molecule has 36 heavy (non-hydrogen) atoms. The maximum absolute atomic E-state index is 14.3. The van der Waals surface area contributed by atoms with Crippen molar-refractivity contribution in [2.24, 2.45) is 0 Å². The number of amides is 1. The van der Waals surface area contributed by atoms with Crippen LogP contribution in [0.4, 0.5) is 70.2 Å². The number of rotatable bonds is 12. The molecule has 0 saturated carbocycles. The first-order valence-corrected chi connectivity index (χ1v) is 9.92. The third-order valence-electron chi connectivity index (χ3n) is 5.36. The molecule has 0 saturated heterocycles. The molecule has 0 aliphatic carbocycles. The summed E-state index contributed by atoms with van der Waals surface area (Å²) in [5, 5.41) is -6.85. The Kier molecular flexibility index (Phi) is 9.38. The third-order valence-corrected chi connectivity index (χ3v) is 5.59. The van der Waals surface area contributed by atoms with Crippen molar-refractivity contribution >= 4 is 17.5 Å². The highest BCUT2D eigenvalue weighted by Crippen LogP contribution is 2.64. The van der Waals surface area contributed by atoms with Crippen molar-refractivity contribution in [3.05, 3.63) is 0 Å². The number of nitrogens with zero attached hydrogens (tertiary/aromatic N) is 1. The van der Waals surface area contributed by atoms with Crippen LogP contribution in [-0.2, 0) is 4.79 Å². The van der Waals surface area contributed by atoms with E-state index in [2.05, 4.69) is 11.6 Å². The number of carbonyl (C=O) groups excluding carboxylic acids is 1. The molecular formula is C17H18ClF16NO. The molecule has 0 fully saturated rings. The molecule has 0 rings (SSSR count). The van der Waals surface area contributed by atoms with E-state index in [1.807, 2.05) is 0 Å². The first-order valence-electron chi connectivity index (χ1n) is 9.54. The topological polar surface area (TPSA) is 20.3 Å². The summed E-state index contributed by atoms with van der Waals surface area (Å²) in [5.41, 5.74) is 0. The normalized spacial score (nSPS) is 17.1. The predicted molar refractivity (Wildman–Crippen MR) is 91.8 cm³/mol. The van der Waals surface area contributed by atoms with E-state index < -0.39 is 64.8 Å². The van der Waals surface area contributed by atoms with E-state index in [4.69, 9.17) is 0 Å². The van der Waals surface area contributed by atoms with E-state index in [-0.39, 0.29) is 17.7 Å². The average Bonchev–Trinajstić information content (AvgIpc) is 2.71.